The van der Waals surface area contributed by atoms with Crippen LogP contribution in [0.3, 0.4) is 0 Å². The minimum atomic E-state index is 0.945. The molecule has 0 atom stereocenters. The van der Waals surface area contributed by atoms with Crippen LogP contribution in [0, 0.1) is 13.8 Å². The molecule has 1 aromatic rings. The topological polar surface area (TPSA) is 0 Å². The van der Waals surface area contributed by atoms with E-state index in [1.807, 2.05) is 0 Å². The lowest BCUT2D eigenvalue weighted by atomic mass is 10.0. The van der Waals surface area contributed by atoms with Crippen LogP contribution in [-0.4, -0.2) is 5.33 Å². The first-order chi connectivity index (χ1) is 6.15. The van der Waals surface area contributed by atoms with Gasteiger partial charge in [-0.2, -0.15) is 0 Å². The molecule has 0 bridgehead atoms. The van der Waals surface area contributed by atoms with Crippen LogP contribution < -0.4 is 0 Å². The summed E-state index contributed by atoms with van der Waals surface area (Å²) in [5.74, 6) is 0. The van der Waals surface area contributed by atoms with Crippen LogP contribution in [0.4, 0.5) is 0 Å². The molecule has 0 amide bonds. The lowest BCUT2D eigenvalue weighted by Gasteiger charge is -2.04. The van der Waals surface area contributed by atoms with E-state index in [-0.39, 0.29) is 0 Å². The SMILES string of the molecule is CC(=Cc1cccc(C)c1C)CBr. The Morgan fingerprint density at radius 3 is 2.69 bits per heavy atom. The predicted octanol–water partition coefficient (Wildman–Crippen LogP) is 4.10. The van der Waals surface area contributed by atoms with E-state index < -0.39 is 0 Å². The van der Waals surface area contributed by atoms with Crippen molar-refractivity contribution in [2.24, 2.45) is 0 Å². The molecule has 0 spiro atoms. The Hall–Kier alpha value is -0.560. The zero-order chi connectivity index (χ0) is 9.84. The third-order valence-electron chi connectivity index (χ3n) is 2.26. The summed E-state index contributed by atoms with van der Waals surface area (Å²) in [4.78, 5) is 0. The van der Waals surface area contributed by atoms with Gasteiger partial charge < -0.3 is 0 Å². The Morgan fingerprint density at radius 2 is 2.08 bits per heavy atom. The van der Waals surface area contributed by atoms with Gasteiger partial charge in [-0.25, -0.2) is 0 Å². The average molecular weight is 239 g/mol. The van der Waals surface area contributed by atoms with Crippen LogP contribution in [0.1, 0.15) is 23.6 Å². The van der Waals surface area contributed by atoms with Gasteiger partial charge in [-0.1, -0.05) is 45.8 Å². The number of hydrogen-bond donors (Lipinski definition) is 0. The number of benzene rings is 1. The molecule has 0 nitrogen and oxygen atoms in total. The van der Waals surface area contributed by atoms with Crippen LogP contribution in [0.5, 0.6) is 0 Å². The number of allylic oxidation sites excluding steroid dienone is 1. The van der Waals surface area contributed by atoms with Crippen molar-refractivity contribution in [3.8, 4) is 0 Å². The lowest BCUT2D eigenvalue weighted by molar-refractivity contribution is 1.32. The van der Waals surface area contributed by atoms with E-state index >= 15 is 0 Å². The summed E-state index contributed by atoms with van der Waals surface area (Å²) < 4.78 is 0. The summed E-state index contributed by atoms with van der Waals surface area (Å²) in [6, 6.07) is 6.42. The third-order valence-corrected chi connectivity index (χ3v) is 3.14. The zero-order valence-electron chi connectivity index (χ0n) is 8.39. The van der Waals surface area contributed by atoms with Crippen molar-refractivity contribution < 1.29 is 0 Å². The van der Waals surface area contributed by atoms with Gasteiger partial charge in [0.15, 0.2) is 0 Å². The standard InChI is InChI=1S/C12H15Br/c1-9(8-13)7-12-6-4-5-10(2)11(12)3/h4-7H,8H2,1-3H3. The van der Waals surface area contributed by atoms with Crippen molar-refractivity contribution in [3.05, 3.63) is 40.5 Å². The quantitative estimate of drug-likeness (QED) is 0.681. The molecular weight excluding hydrogens is 224 g/mol. The molecule has 0 saturated carbocycles. The molecule has 0 fully saturated rings. The maximum Gasteiger partial charge on any atom is 0.0242 e. The highest BCUT2D eigenvalue weighted by Crippen LogP contribution is 2.16. The molecule has 0 aromatic heterocycles. The molecule has 0 heterocycles. The van der Waals surface area contributed by atoms with Crippen molar-refractivity contribution in [2.75, 3.05) is 5.33 Å². The minimum absolute atomic E-state index is 0.945. The number of hydrogen-bond acceptors (Lipinski definition) is 0. The number of aryl methyl sites for hydroxylation is 1. The molecule has 13 heavy (non-hydrogen) atoms. The summed E-state index contributed by atoms with van der Waals surface area (Å²) in [6.45, 7) is 6.45. The van der Waals surface area contributed by atoms with Crippen molar-refractivity contribution in [1.82, 2.24) is 0 Å². The van der Waals surface area contributed by atoms with Gasteiger partial charge in [0.25, 0.3) is 0 Å². The molecule has 0 saturated heterocycles. The summed E-state index contributed by atoms with van der Waals surface area (Å²) in [6.07, 6.45) is 2.23. The summed E-state index contributed by atoms with van der Waals surface area (Å²) in [5.41, 5.74) is 5.42. The van der Waals surface area contributed by atoms with E-state index in [4.69, 9.17) is 0 Å². The molecule has 1 rings (SSSR count). The van der Waals surface area contributed by atoms with E-state index in [2.05, 4.69) is 61.0 Å². The van der Waals surface area contributed by atoms with Gasteiger partial charge in [0, 0.05) is 5.33 Å². The van der Waals surface area contributed by atoms with E-state index in [0.717, 1.165) is 5.33 Å². The summed E-state index contributed by atoms with van der Waals surface area (Å²) in [5, 5.41) is 0.945. The molecule has 0 unspecified atom stereocenters. The molecule has 1 heteroatoms. The molecule has 0 aliphatic heterocycles. The Bertz CT molecular complexity index is 324. The molecule has 0 aliphatic rings. The van der Waals surface area contributed by atoms with Crippen molar-refractivity contribution >= 4 is 22.0 Å². The fourth-order valence-corrected chi connectivity index (χ4v) is 1.40. The second-order valence-corrected chi connectivity index (χ2v) is 3.97. The number of halogens is 1. The smallest absolute Gasteiger partial charge is 0.0242 e. The maximum absolute atomic E-state index is 3.45. The lowest BCUT2D eigenvalue weighted by Crippen LogP contribution is -1.86. The average Bonchev–Trinajstić information content (AvgIpc) is 2.13. The van der Waals surface area contributed by atoms with Crippen molar-refractivity contribution in [3.63, 3.8) is 0 Å². The van der Waals surface area contributed by atoms with Crippen LogP contribution in [-0.2, 0) is 0 Å². The van der Waals surface area contributed by atoms with Crippen LogP contribution >= 0.6 is 15.9 Å². The first-order valence-electron chi connectivity index (χ1n) is 4.44. The highest BCUT2D eigenvalue weighted by atomic mass is 79.9. The van der Waals surface area contributed by atoms with E-state index in [1.165, 1.54) is 22.3 Å². The minimum Gasteiger partial charge on any atom is -0.0880 e. The highest BCUT2D eigenvalue weighted by Gasteiger charge is 1.97. The fraction of sp³-hybridized carbons (Fsp3) is 0.333. The maximum atomic E-state index is 3.45. The first kappa shape index (κ1) is 10.5. The largest absolute Gasteiger partial charge is 0.0880 e. The van der Waals surface area contributed by atoms with Gasteiger partial charge in [0.05, 0.1) is 0 Å². The monoisotopic (exact) mass is 238 g/mol. The molecule has 0 N–H and O–H groups in total. The fourth-order valence-electron chi connectivity index (χ4n) is 1.23. The Labute approximate surface area is 88.8 Å². The van der Waals surface area contributed by atoms with E-state index in [9.17, 15) is 0 Å². The van der Waals surface area contributed by atoms with Gasteiger partial charge in [0.1, 0.15) is 0 Å². The molecular formula is C12H15Br. The van der Waals surface area contributed by atoms with E-state index in [1.54, 1.807) is 0 Å². The van der Waals surface area contributed by atoms with Crippen molar-refractivity contribution in [1.29, 1.82) is 0 Å². The van der Waals surface area contributed by atoms with Crippen LogP contribution in [0.25, 0.3) is 6.08 Å². The second-order valence-electron chi connectivity index (χ2n) is 3.41. The van der Waals surface area contributed by atoms with E-state index in [0.29, 0.717) is 0 Å². The summed E-state index contributed by atoms with van der Waals surface area (Å²) in [7, 11) is 0. The first-order valence-corrected chi connectivity index (χ1v) is 5.56. The predicted molar refractivity (Wildman–Crippen MR) is 63.4 cm³/mol. The van der Waals surface area contributed by atoms with Crippen molar-refractivity contribution in [2.45, 2.75) is 20.8 Å². The van der Waals surface area contributed by atoms with Gasteiger partial charge >= 0.3 is 0 Å². The van der Waals surface area contributed by atoms with Gasteiger partial charge in [-0.15, -0.1) is 0 Å². The van der Waals surface area contributed by atoms with Crippen LogP contribution in [0.2, 0.25) is 0 Å². The zero-order valence-corrected chi connectivity index (χ0v) is 9.98. The normalized spacial score (nSPS) is 11.8. The Balaban J connectivity index is 3.09. The van der Waals surface area contributed by atoms with Crippen LogP contribution in [0.15, 0.2) is 23.8 Å². The summed E-state index contributed by atoms with van der Waals surface area (Å²) >= 11 is 3.45. The molecule has 0 radical (unpaired) electrons. The Kier molecular flexibility index (Phi) is 3.73. The molecule has 0 aliphatic carbocycles. The van der Waals surface area contributed by atoms with Gasteiger partial charge in [0.2, 0.25) is 0 Å². The molecule has 1 aromatic carbocycles. The molecule has 70 valence electrons. The number of alkyl halides is 1. The number of rotatable bonds is 2. The highest BCUT2D eigenvalue weighted by molar-refractivity contribution is 9.09. The van der Waals surface area contributed by atoms with Gasteiger partial charge in [-0.05, 0) is 37.5 Å². The Morgan fingerprint density at radius 1 is 1.38 bits per heavy atom. The second kappa shape index (κ2) is 4.61. The van der Waals surface area contributed by atoms with Gasteiger partial charge in [-0.3, -0.25) is 0 Å². The third kappa shape index (κ3) is 2.70.